The van der Waals surface area contributed by atoms with Crippen LogP contribution in [0.3, 0.4) is 0 Å². The number of hydrogen-bond acceptors (Lipinski definition) is 21. The monoisotopic (exact) mass is 1390 g/mol. The van der Waals surface area contributed by atoms with Crippen molar-refractivity contribution >= 4 is 49.6 Å². The van der Waals surface area contributed by atoms with Gasteiger partial charge in [-0.15, -0.1) is 6.58 Å². The minimum Gasteiger partial charge on any atom is -0.756 e. The molecule has 100 heavy (non-hydrogen) atoms. The quantitative estimate of drug-likeness (QED) is 0.0132. The second-order valence-corrected chi connectivity index (χ2v) is 24.6. The molecule has 0 amide bonds. The van der Waals surface area contributed by atoms with E-state index in [9.17, 15) is 43.0 Å². The molecule has 1 N–H and O–H groups in total. The number of esters is 7. The van der Waals surface area contributed by atoms with Crippen molar-refractivity contribution in [2.75, 3.05) is 39.5 Å². The van der Waals surface area contributed by atoms with E-state index in [0.29, 0.717) is 6.42 Å². The van der Waals surface area contributed by atoms with E-state index in [2.05, 4.69) is 27.4 Å². The van der Waals surface area contributed by atoms with Crippen molar-refractivity contribution in [1.82, 2.24) is 0 Å². The lowest BCUT2D eigenvalue weighted by Crippen LogP contribution is -3.11. The fourth-order valence-corrected chi connectivity index (χ4v) is 11.7. The molecule has 0 aromatic heterocycles. The van der Waals surface area contributed by atoms with Gasteiger partial charge in [-0.25, -0.2) is 33.6 Å². The second kappa shape index (κ2) is 39.9. The summed E-state index contributed by atoms with van der Waals surface area (Å²) >= 11 is 0. The molecular formula is C77H84NO21P. The Balaban J connectivity index is 0.00000172. The minimum atomic E-state index is -5.54. The summed E-state index contributed by atoms with van der Waals surface area (Å²) in [6.45, 7) is 12.2. The standard InChI is InChI=1S/C71H69O21P.C6H15N/c1-2-3-4-5-6-7-8-30-45-83-93(79,80)92-71-62(90-69(78)54-43-28-15-29-44-54)60(88-67(76)52-39-24-13-25-40-52)58(56(85-71)47-82-64(73)49-33-18-10-19-34-49)91-70-61(89-68(77)53-41-26-14-27-42-53)59(87-66(75)51-37-22-12-23-38-51)57(86-65(74)50-35-20-11-21-36-50)55(84-70)46-81-63(72)48-31-16-9-17-32-48;1-4-7(5-2)6-3/h2,9-29,31-44,55-62,70-71H,1,3-8,30,45-47H2,(H,79,80);4-6H2,1-3H3/t55-,56-,57+,58-,59-,60+,61-,62+,70+,71-;/m1./s1. The molecule has 0 spiro atoms. The van der Waals surface area contributed by atoms with E-state index >= 15 is 0 Å². The number of carbonyl (C=O) groups excluding carboxylic acids is 7. The highest BCUT2D eigenvalue weighted by Gasteiger charge is 2.59. The molecule has 2 heterocycles. The third kappa shape index (κ3) is 23.0. The van der Waals surface area contributed by atoms with Crippen LogP contribution in [0.15, 0.2) is 225 Å². The van der Waals surface area contributed by atoms with Crippen molar-refractivity contribution < 1.29 is 104 Å². The molecule has 2 aliphatic heterocycles. The van der Waals surface area contributed by atoms with Gasteiger partial charge in [0.25, 0.3) is 7.82 Å². The van der Waals surface area contributed by atoms with Gasteiger partial charge in [-0.2, -0.15) is 0 Å². The van der Waals surface area contributed by atoms with Gasteiger partial charge in [0, 0.05) is 0 Å². The number of nitrogens with one attached hydrogen (secondary N) is 1. The van der Waals surface area contributed by atoms with Gasteiger partial charge in [-0.1, -0.05) is 159 Å². The fraction of sp³-hybridized carbons (Fsp3) is 0.338. The Bertz CT molecular complexity index is 3720. The topological polar surface area (TPSA) is 275 Å². The zero-order chi connectivity index (χ0) is 71.1. The number of phosphoric ester groups is 1. The molecule has 22 nitrogen and oxygen atoms in total. The number of ether oxygens (including phenoxy) is 10. The molecule has 0 bridgehead atoms. The Morgan fingerprint density at radius 1 is 0.400 bits per heavy atom. The second-order valence-electron chi connectivity index (χ2n) is 23.2. The first-order valence-corrected chi connectivity index (χ1v) is 34.8. The molecule has 0 saturated carbocycles. The lowest BCUT2D eigenvalue weighted by Gasteiger charge is -2.49. The lowest BCUT2D eigenvalue weighted by molar-refractivity contribution is -0.894. The summed E-state index contributed by atoms with van der Waals surface area (Å²) < 4.78 is 88.7. The molecule has 9 rings (SSSR count). The molecule has 0 aliphatic carbocycles. The van der Waals surface area contributed by atoms with Crippen LogP contribution < -0.4 is 9.79 Å². The summed E-state index contributed by atoms with van der Waals surface area (Å²) in [5.74, 6) is -7.22. The van der Waals surface area contributed by atoms with Crippen LogP contribution in [0.5, 0.6) is 0 Å². The summed E-state index contributed by atoms with van der Waals surface area (Å²) in [5, 5.41) is 0. The maximum Gasteiger partial charge on any atom is 0.338 e. The molecule has 2 saturated heterocycles. The highest BCUT2D eigenvalue weighted by atomic mass is 31.2. The molecule has 528 valence electrons. The van der Waals surface area contributed by atoms with Gasteiger partial charge in [0.05, 0.1) is 65.2 Å². The number of rotatable bonds is 33. The van der Waals surface area contributed by atoms with E-state index in [1.165, 1.54) is 141 Å². The fourth-order valence-electron chi connectivity index (χ4n) is 10.8. The number of phosphoric acid groups is 1. The third-order valence-corrected chi connectivity index (χ3v) is 17.3. The number of hydrogen-bond donors (Lipinski definition) is 1. The average Bonchev–Trinajstić information content (AvgIpc) is 0.761. The van der Waals surface area contributed by atoms with Gasteiger partial charge < -0.3 is 61.7 Å². The first-order valence-electron chi connectivity index (χ1n) is 33.4. The SMILES string of the molecule is C=CCCCCCCCCOP(=O)([O-])O[C@H]1O[C@H](COC(=O)c2ccccc2)[C@@H](O[C@@H]2O[C@H](COC(=O)c3ccccc3)[C@H](OC(=O)c3ccccc3)[C@@H](OC(=O)c3ccccc3)[C@H]2OC(=O)c2ccccc2)[C@H](OC(=O)c2ccccc2)[C@@H]1OC(=O)c1ccccc1.CC[NH+](CC)CC. The normalized spacial score (nSPS) is 20.7. The van der Waals surface area contributed by atoms with Crippen LogP contribution >= 0.6 is 7.82 Å². The summed E-state index contributed by atoms with van der Waals surface area (Å²) in [6.07, 6.45) is -13.4. The van der Waals surface area contributed by atoms with Crippen molar-refractivity contribution in [2.45, 2.75) is 127 Å². The molecule has 11 atom stereocenters. The first-order chi connectivity index (χ1) is 48.6. The van der Waals surface area contributed by atoms with E-state index in [4.69, 9.17) is 56.4 Å². The molecule has 7 aromatic carbocycles. The van der Waals surface area contributed by atoms with Crippen LogP contribution in [-0.4, -0.2) is 143 Å². The highest BCUT2D eigenvalue weighted by molar-refractivity contribution is 7.45. The number of benzene rings is 7. The molecule has 2 aliphatic rings. The van der Waals surface area contributed by atoms with Crippen LogP contribution in [0.1, 0.15) is 138 Å². The van der Waals surface area contributed by atoms with Crippen LogP contribution in [0.2, 0.25) is 0 Å². The Kier molecular flexibility index (Phi) is 30.5. The smallest absolute Gasteiger partial charge is 0.338 e. The summed E-state index contributed by atoms with van der Waals surface area (Å²) in [5.41, 5.74) is -0.122. The average molecular weight is 1390 g/mol. The van der Waals surface area contributed by atoms with Crippen molar-refractivity contribution in [3.05, 3.63) is 264 Å². The van der Waals surface area contributed by atoms with E-state index in [0.717, 1.165) is 32.1 Å². The molecular weight excluding hydrogens is 1310 g/mol. The van der Waals surface area contributed by atoms with Crippen molar-refractivity contribution in [1.29, 1.82) is 0 Å². The van der Waals surface area contributed by atoms with Crippen molar-refractivity contribution in [3.63, 3.8) is 0 Å². The van der Waals surface area contributed by atoms with Crippen LogP contribution in [0.25, 0.3) is 0 Å². The third-order valence-electron chi connectivity index (χ3n) is 16.3. The number of unbranched alkanes of at least 4 members (excludes halogenated alkanes) is 6. The van der Waals surface area contributed by atoms with E-state index in [1.54, 1.807) is 95.9 Å². The van der Waals surface area contributed by atoms with E-state index in [1.807, 2.05) is 6.08 Å². The zero-order valence-corrected chi connectivity index (χ0v) is 56.9. The van der Waals surface area contributed by atoms with Gasteiger partial charge in [0.1, 0.15) is 31.5 Å². The highest BCUT2D eigenvalue weighted by Crippen LogP contribution is 2.45. The summed E-state index contributed by atoms with van der Waals surface area (Å²) in [6, 6.07) is 53.2. The Morgan fingerprint density at radius 2 is 0.690 bits per heavy atom. The van der Waals surface area contributed by atoms with E-state index < -0.39 is 124 Å². The van der Waals surface area contributed by atoms with Gasteiger partial charge in [0.15, 0.2) is 36.8 Å². The van der Waals surface area contributed by atoms with Gasteiger partial charge >= 0.3 is 41.8 Å². The number of carbonyl (C=O) groups is 7. The zero-order valence-electron chi connectivity index (χ0n) is 56.0. The van der Waals surface area contributed by atoms with Crippen LogP contribution in [0, 0.1) is 0 Å². The maximum atomic E-state index is 14.8. The van der Waals surface area contributed by atoms with E-state index in [-0.39, 0.29) is 52.0 Å². The van der Waals surface area contributed by atoms with Crippen LogP contribution in [-0.2, 0) is 61.0 Å². The molecule has 0 radical (unpaired) electrons. The van der Waals surface area contributed by atoms with Gasteiger partial charge in [-0.3, -0.25) is 9.09 Å². The van der Waals surface area contributed by atoms with Crippen molar-refractivity contribution in [3.8, 4) is 0 Å². The lowest BCUT2D eigenvalue weighted by atomic mass is 9.95. The van der Waals surface area contributed by atoms with Gasteiger partial charge in [0.2, 0.25) is 6.29 Å². The Labute approximate surface area is 581 Å². The molecule has 1 unspecified atom stereocenters. The van der Waals surface area contributed by atoms with Crippen molar-refractivity contribution in [2.24, 2.45) is 0 Å². The Morgan fingerprint density at radius 3 is 1.04 bits per heavy atom. The molecule has 23 heteroatoms. The number of quaternary nitrogens is 1. The predicted molar refractivity (Wildman–Crippen MR) is 364 cm³/mol. The number of allylic oxidation sites excluding steroid dienone is 1. The molecule has 7 aromatic rings. The Hall–Kier alpha value is -9.48. The minimum absolute atomic E-state index is 0.00332. The van der Waals surface area contributed by atoms with Crippen LogP contribution in [0.4, 0.5) is 0 Å². The first kappa shape index (κ1) is 76.3. The summed E-state index contributed by atoms with van der Waals surface area (Å²) in [4.78, 5) is 117. The largest absolute Gasteiger partial charge is 0.756 e. The van der Waals surface area contributed by atoms with Gasteiger partial charge in [-0.05, 0) is 125 Å². The molecule has 2 fully saturated rings. The maximum absolute atomic E-state index is 14.8. The summed E-state index contributed by atoms with van der Waals surface area (Å²) in [7, 11) is -5.54. The predicted octanol–water partition coefficient (Wildman–Crippen LogP) is 11.0.